The van der Waals surface area contributed by atoms with Gasteiger partial charge in [-0.2, -0.15) is 0 Å². The monoisotopic (exact) mass is 345 g/mol. The molecule has 1 aromatic heterocycles. The fourth-order valence-electron chi connectivity index (χ4n) is 2.28. The van der Waals surface area contributed by atoms with Crippen molar-refractivity contribution >= 4 is 34.1 Å². The van der Waals surface area contributed by atoms with Crippen LogP contribution < -0.4 is 10.9 Å². The van der Waals surface area contributed by atoms with E-state index in [1.54, 1.807) is 24.3 Å². The SMILES string of the molecule is O=C(CCc1nc2ccccc2c(=O)[nH]1)Nc1ccc(F)c(Cl)c1. The molecule has 0 aliphatic rings. The van der Waals surface area contributed by atoms with Gasteiger partial charge in [-0.1, -0.05) is 23.7 Å². The second-order valence-electron chi connectivity index (χ2n) is 5.21. The molecular weight excluding hydrogens is 333 g/mol. The van der Waals surface area contributed by atoms with Crippen LogP contribution in [0, 0.1) is 5.82 Å². The summed E-state index contributed by atoms with van der Waals surface area (Å²) in [6.45, 7) is 0. The second-order valence-corrected chi connectivity index (χ2v) is 5.61. The summed E-state index contributed by atoms with van der Waals surface area (Å²) in [6.07, 6.45) is 0.400. The summed E-state index contributed by atoms with van der Waals surface area (Å²) < 4.78 is 13.1. The molecule has 0 spiro atoms. The number of carbonyl (C=O) groups is 1. The van der Waals surface area contributed by atoms with Gasteiger partial charge in [0.05, 0.1) is 15.9 Å². The lowest BCUT2D eigenvalue weighted by molar-refractivity contribution is -0.116. The molecule has 0 saturated heterocycles. The summed E-state index contributed by atoms with van der Waals surface area (Å²) in [7, 11) is 0. The van der Waals surface area contributed by atoms with Crippen molar-refractivity contribution in [2.45, 2.75) is 12.8 Å². The van der Waals surface area contributed by atoms with Crippen molar-refractivity contribution < 1.29 is 9.18 Å². The van der Waals surface area contributed by atoms with Gasteiger partial charge < -0.3 is 10.3 Å². The molecular formula is C17H13ClFN3O2. The molecule has 3 rings (SSSR count). The Labute approximate surface area is 141 Å². The lowest BCUT2D eigenvalue weighted by atomic mass is 10.2. The van der Waals surface area contributed by atoms with Crippen molar-refractivity contribution in [2.24, 2.45) is 0 Å². The van der Waals surface area contributed by atoms with Crippen LogP contribution in [0.5, 0.6) is 0 Å². The Kier molecular flexibility index (Phi) is 4.57. The number of rotatable bonds is 4. The number of aryl methyl sites for hydroxylation is 1. The van der Waals surface area contributed by atoms with Gasteiger partial charge in [0.1, 0.15) is 11.6 Å². The molecule has 0 atom stereocenters. The average Bonchev–Trinajstić information content (AvgIpc) is 2.56. The zero-order chi connectivity index (χ0) is 17.1. The number of hydrogen-bond donors (Lipinski definition) is 2. The number of aromatic nitrogens is 2. The van der Waals surface area contributed by atoms with Crippen LogP contribution in [0.25, 0.3) is 10.9 Å². The summed E-state index contributed by atoms with van der Waals surface area (Å²) in [6, 6.07) is 10.9. The van der Waals surface area contributed by atoms with Gasteiger partial charge in [-0.05, 0) is 30.3 Å². The van der Waals surface area contributed by atoms with E-state index in [4.69, 9.17) is 11.6 Å². The van der Waals surface area contributed by atoms with Crippen LogP contribution in [0.2, 0.25) is 5.02 Å². The molecule has 2 aromatic carbocycles. The molecule has 0 bridgehead atoms. The average molecular weight is 346 g/mol. The van der Waals surface area contributed by atoms with Gasteiger partial charge in [-0.15, -0.1) is 0 Å². The van der Waals surface area contributed by atoms with E-state index in [1.165, 1.54) is 18.2 Å². The maximum atomic E-state index is 13.1. The number of hydrogen-bond acceptors (Lipinski definition) is 3. The van der Waals surface area contributed by atoms with E-state index in [0.717, 1.165) is 0 Å². The summed E-state index contributed by atoms with van der Waals surface area (Å²) in [4.78, 5) is 30.9. The number of nitrogens with one attached hydrogen (secondary N) is 2. The number of fused-ring (bicyclic) bond motifs is 1. The molecule has 0 saturated carbocycles. The van der Waals surface area contributed by atoms with Gasteiger partial charge in [-0.3, -0.25) is 9.59 Å². The molecule has 0 radical (unpaired) electrons. The summed E-state index contributed by atoms with van der Waals surface area (Å²) in [5.41, 5.74) is 0.759. The highest BCUT2D eigenvalue weighted by atomic mass is 35.5. The normalized spacial score (nSPS) is 10.8. The minimum atomic E-state index is -0.549. The minimum absolute atomic E-state index is 0.0617. The van der Waals surface area contributed by atoms with Gasteiger partial charge in [0.2, 0.25) is 5.91 Å². The van der Waals surface area contributed by atoms with Crippen molar-refractivity contribution in [1.82, 2.24) is 9.97 Å². The van der Waals surface area contributed by atoms with Crippen LogP contribution >= 0.6 is 11.6 Å². The van der Waals surface area contributed by atoms with Crippen molar-refractivity contribution in [3.8, 4) is 0 Å². The fourth-order valence-corrected chi connectivity index (χ4v) is 2.46. The first-order valence-corrected chi connectivity index (χ1v) is 7.63. The third-order valence-corrected chi connectivity index (χ3v) is 3.74. The molecule has 0 aliphatic heterocycles. The molecule has 0 fully saturated rings. The van der Waals surface area contributed by atoms with E-state index in [0.29, 0.717) is 22.4 Å². The number of halogens is 2. The zero-order valence-corrected chi connectivity index (χ0v) is 13.2. The number of benzene rings is 2. The van der Waals surface area contributed by atoms with E-state index in [-0.39, 0.29) is 29.3 Å². The first-order valence-electron chi connectivity index (χ1n) is 7.26. The lowest BCUT2D eigenvalue weighted by Crippen LogP contribution is -2.16. The van der Waals surface area contributed by atoms with Gasteiger partial charge in [0.25, 0.3) is 5.56 Å². The van der Waals surface area contributed by atoms with Crippen molar-refractivity contribution in [2.75, 3.05) is 5.32 Å². The second kappa shape index (κ2) is 6.80. The minimum Gasteiger partial charge on any atom is -0.326 e. The Balaban J connectivity index is 1.68. The van der Waals surface area contributed by atoms with Gasteiger partial charge in [0, 0.05) is 18.5 Å². The highest BCUT2D eigenvalue weighted by Crippen LogP contribution is 2.19. The summed E-state index contributed by atoms with van der Waals surface area (Å²) in [5.74, 6) is -0.396. The Morgan fingerprint density at radius 2 is 2.04 bits per heavy atom. The van der Waals surface area contributed by atoms with Gasteiger partial charge in [-0.25, -0.2) is 9.37 Å². The number of para-hydroxylation sites is 1. The Bertz CT molecular complexity index is 971. The molecule has 24 heavy (non-hydrogen) atoms. The molecule has 5 nitrogen and oxygen atoms in total. The maximum absolute atomic E-state index is 13.1. The predicted octanol–water partition coefficient (Wildman–Crippen LogP) is 3.29. The van der Waals surface area contributed by atoms with Crippen molar-refractivity contribution in [3.63, 3.8) is 0 Å². The van der Waals surface area contributed by atoms with Crippen LogP contribution in [0.3, 0.4) is 0 Å². The van der Waals surface area contributed by atoms with E-state index >= 15 is 0 Å². The van der Waals surface area contributed by atoms with Gasteiger partial charge >= 0.3 is 0 Å². The van der Waals surface area contributed by atoms with E-state index < -0.39 is 5.82 Å². The topological polar surface area (TPSA) is 74.8 Å². The highest BCUT2D eigenvalue weighted by Gasteiger charge is 2.08. The fraction of sp³-hybridized carbons (Fsp3) is 0.118. The molecule has 1 amide bonds. The van der Waals surface area contributed by atoms with Crippen LogP contribution in [0.4, 0.5) is 10.1 Å². The molecule has 1 heterocycles. The number of carbonyl (C=O) groups excluding carboxylic acids is 1. The predicted molar refractivity (Wildman–Crippen MR) is 90.7 cm³/mol. The molecule has 3 aromatic rings. The van der Waals surface area contributed by atoms with Crippen LogP contribution in [-0.4, -0.2) is 15.9 Å². The molecule has 2 N–H and O–H groups in total. The molecule has 7 heteroatoms. The lowest BCUT2D eigenvalue weighted by Gasteiger charge is -2.06. The number of amides is 1. The first kappa shape index (κ1) is 16.1. The third-order valence-electron chi connectivity index (χ3n) is 3.45. The zero-order valence-electron chi connectivity index (χ0n) is 12.5. The summed E-state index contributed by atoms with van der Waals surface area (Å²) in [5, 5.41) is 3.07. The number of H-pyrrole nitrogens is 1. The smallest absolute Gasteiger partial charge is 0.258 e. The Morgan fingerprint density at radius 3 is 2.83 bits per heavy atom. The molecule has 0 aliphatic carbocycles. The molecule has 0 unspecified atom stereocenters. The number of nitrogens with zero attached hydrogens (tertiary/aromatic N) is 1. The Morgan fingerprint density at radius 1 is 1.25 bits per heavy atom. The highest BCUT2D eigenvalue weighted by molar-refractivity contribution is 6.31. The van der Waals surface area contributed by atoms with E-state index in [2.05, 4.69) is 15.3 Å². The quantitative estimate of drug-likeness (QED) is 0.762. The largest absolute Gasteiger partial charge is 0.326 e. The number of anilines is 1. The summed E-state index contributed by atoms with van der Waals surface area (Å²) >= 11 is 5.67. The standard InChI is InChI=1S/C17H13ClFN3O2/c18-12-9-10(5-6-13(12)19)20-16(23)8-7-15-21-14-4-2-1-3-11(14)17(24)22-15/h1-6,9H,7-8H2,(H,20,23)(H,21,22,24). The van der Waals surface area contributed by atoms with Crippen molar-refractivity contribution in [1.29, 1.82) is 0 Å². The maximum Gasteiger partial charge on any atom is 0.258 e. The van der Waals surface area contributed by atoms with Crippen molar-refractivity contribution in [3.05, 3.63) is 69.5 Å². The van der Waals surface area contributed by atoms with Crippen LogP contribution in [0.1, 0.15) is 12.2 Å². The molecule has 122 valence electrons. The van der Waals surface area contributed by atoms with E-state index in [9.17, 15) is 14.0 Å². The Hall–Kier alpha value is -2.73. The van der Waals surface area contributed by atoms with Crippen LogP contribution in [0.15, 0.2) is 47.3 Å². The van der Waals surface area contributed by atoms with E-state index in [1.807, 2.05) is 0 Å². The number of aromatic amines is 1. The van der Waals surface area contributed by atoms with Crippen LogP contribution in [-0.2, 0) is 11.2 Å². The first-order chi connectivity index (χ1) is 11.5. The third kappa shape index (κ3) is 3.60. The van der Waals surface area contributed by atoms with Gasteiger partial charge in [0.15, 0.2) is 0 Å².